The fourth-order valence-electron chi connectivity index (χ4n) is 4.16. The molecule has 4 aromatic carbocycles. The molecule has 35 heavy (non-hydrogen) atoms. The van der Waals surface area contributed by atoms with Gasteiger partial charge in [-0.3, -0.25) is 0 Å². The molecule has 1 heteroatoms. The molecule has 0 saturated carbocycles. The molecule has 0 aliphatic rings. The number of para-hydroxylation sites is 2. The van der Waals surface area contributed by atoms with Crippen molar-refractivity contribution in [2.45, 2.75) is 66.2 Å². The van der Waals surface area contributed by atoms with Crippen molar-refractivity contribution in [3.05, 3.63) is 114 Å². The predicted octanol–water partition coefficient (Wildman–Crippen LogP) is 10.4. The molecular formula is C34H41N. The summed E-state index contributed by atoms with van der Waals surface area (Å²) in [5.41, 5.74) is 8.84. The van der Waals surface area contributed by atoms with Crippen molar-refractivity contribution in [1.82, 2.24) is 0 Å². The standard InChI is InChI=1S/C32H35N.C2H6/c1-31(2,3)25-19-17-24(18-20-25)29-22-21-26(32(4,5)6)23-30(29)33(27-13-9-7-10-14-27)28-15-11-8-12-16-28;1-2/h7-23H,1-6H3;1-2H3. The van der Waals surface area contributed by atoms with Crippen LogP contribution in [0.4, 0.5) is 17.1 Å². The van der Waals surface area contributed by atoms with Crippen molar-refractivity contribution in [3.63, 3.8) is 0 Å². The predicted molar refractivity (Wildman–Crippen MR) is 155 cm³/mol. The second-order valence-electron chi connectivity index (χ2n) is 10.8. The molecule has 182 valence electrons. The summed E-state index contributed by atoms with van der Waals surface area (Å²) in [5.74, 6) is 0. The maximum absolute atomic E-state index is 2.38. The number of rotatable bonds is 4. The van der Waals surface area contributed by atoms with E-state index in [0.717, 1.165) is 11.4 Å². The Hall–Kier alpha value is -3.32. The molecule has 0 heterocycles. The number of anilines is 3. The first-order chi connectivity index (χ1) is 16.6. The second kappa shape index (κ2) is 11.0. The van der Waals surface area contributed by atoms with Crippen LogP contribution in [0.3, 0.4) is 0 Å². The van der Waals surface area contributed by atoms with Crippen LogP contribution < -0.4 is 4.90 Å². The topological polar surface area (TPSA) is 3.24 Å². The van der Waals surface area contributed by atoms with Gasteiger partial charge in [0.25, 0.3) is 0 Å². The number of nitrogens with zero attached hydrogens (tertiary/aromatic N) is 1. The van der Waals surface area contributed by atoms with Crippen LogP contribution in [0.5, 0.6) is 0 Å². The number of hydrogen-bond acceptors (Lipinski definition) is 1. The highest BCUT2D eigenvalue weighted by molar-refractivity contribution is 5.88. The van der Waals surface area contributed by atoms with Crippen molar-refractivity contribution >= 4 is 17.1 Å². The van der Waals surface area contributed by atoms with E-state index >= 15 is 0 Å². The molecular weight excluding hydrogens is 422 g/mol. The van der Waals surface area contributed by atoms with Gasteiger partial charge < -0.3 is 4.90 Å². The molecule has 0 amide bonds. The van der Waals surface area contributed by atoms with Gasteiger partial charge >= 0.3 is 0 Å². The zero-order chi connectivity index (χ0) is 25.6. The summed E-state index contributed by atoms with van der Waals surface area (Å²) < 4.78 is 0. The normalized spacial score (nSPS) is 11.4. The van der Waals surface area contributed by atoms with Gasteiger partial charge in [0.2, 0.25) is 0 Å². The largest absolute Gasteiger partial charge is 0.310 e. The van der Waals surface area contributed by atoms with Crippen LogP contribution in [0.1, 0.15) is 66.5 Å². The molecule has 0 aliphatic heterocycles. The Bertz CT molecular complexity index is 1150. The third-order valence-corrected chi connectivity index (χ3v) is 6.20. The summed E-state index contributed by atoms with van der Waals surface area (Å²) >= 11 is 0. The Balaban J connectivity index is 0.00000167. The summed E-state index contributed by atoms with van der Waals surface area (Å²) in [6, 6.07) is 37.3. The first-order valence-electron chi connectivity index (χ1n) is 12.8. The zero-order valence-electron chi connectivity index (χ0n) is 22.8. The van der Waals surface area contributed by atoms with E-state index in [9.17, 15) is 0 Å². The first kappa shape index (κ1) is 26.3. The van der Waals surface area contributed by atoms with Gasteiger partial charge in [0.1, 0.15) is 0 Å². The van der Waals surface area contributed by atoms with Crippen LogP contribution in [0.2, 0.25) is 0 Å². The lowest BCUT2D eigenvalue weighted by atomic mass is 9.84. The number of hydrogen-bond donors (Lipinski definition) is 0. The van der Waals surface area contributed by atoms with Gasteiger partial charge in [-0.1, -0.05) is 128 Å². The quantitative estimate of drug-likeness (QED) is 0.291. The Kier molecular flexibility index (Phi) is 8.22. The smallest absolute Gasteiger partial charge is 0.0542 e. The SMILES string of the molecule is CC.CC(C)(C)c1ccc(-c2ccc(C(C)(C)C)cc2N(c2ccccc2)c2ccccc2)cc1. The van der Waals surface area contributed by atoms with Gasteiger partial charge in [0.05, 0.1) is 5.69 Å². The van der Waals surface area contributed by atoms with Gasteiger partial charge in [-0.2, -0.15) is 0 Å². The zero-order valence-corrected chi connectivity index (χ0v) is 22.8. The molecule has 0 fully saturated rings. The average Bonchev–Trinajstić information content (AvgIpc) is 2.86. The lowest BCUT2D eigenvalue weighted by molar-refractivity contribution is 0.590. The van der Waals surface area contributed by atoms with E-state index in [4.69, 9.17) is 0 Å². The maximum Gasteiger partial charge on any atom is 0.0542 e. The number of benzene rings is 4. The third kappa shape index (κ3) is 6.22. The molecule has 0 unspecified atom stereocenters. The Morgan fingerprint density at radius 2 is 0.914 bits per heavy atom. The van der Waals surface area contributed by atoms with Crippen molar-refractivity contribution in [2.75, 3.05) is 4.90 Å². The highest BCUT2D eigenvalue weighted by atomic mass is 15.1. The Morgan fingerprint density at radius 3 is 1.34 bits per heavy atom. The fourth-order valence-corrected chi connectivity index (χ4v) is 4.16. The van der Waals surface area contributed by atoms with E-state index in [1.807, 2.05) is 13.8 Å². The van der Waals surface area contributed by atoms with Crippen molar-refractivity contribution < 1.29 is 0 Å². The second-order valence-corrected chi connectivity index (χ2v) is 10.8. The summed E-state index contributed by atoms with van der Waals surface area (Å²) in [7, 11) is 0. The van der Waals surface area contributed by atoms with Crippen molar-refractivity contribution in [1.29, 1.82) is 0 Å². The van der Waals surface area contributed by atoms with Gasteiger partial charge in [-0.05, 0) is 57.9 Å². The molecule has 1 nitrogen and oxygen atoms in total. The molecule has 0 aliphatic carbocycles. The van der Waals surface area contributed by atoms with Crippen LogP contribution in [0.25, 0.3) is 11.1 Å². The van der Waals surface area contributed by atoms with E-state index in [0.29, 0.717) is 0 Å². The molecule has 0 aromatic heterocycles. The monoisotopic (exact) mass is 463 g/mol. The van der Waals surface area contributed by atoms with Gasteiger partial charge in [-0.25, -0.2) is 0 Å². The van der Waals surface area contributed by atoms with Crippen LogP contribution in [0, 0.1) is 0 Å². The highest BCUT2D eigenvalue weighted by Gasteiger charge is 2.22. The third-order valence-electron chi connectivity index (χ3n) is 6.20. The van der Waals surface area contributed by atoms with E-state index in [1.165, 1.54) is 27.9 Å². The molecule has 4 aromatic rings. The van der Waals surface area contributed by atoms with E-state index in [1.54, 1.807) is 0 Å². The van der Waals surface area contributed by atoms with Gasteiger partial charge in [0, 0.05) is 16.9 Å². The minimum Gasteiger partial charge on any atom is -0.310 e. The van der Waals surface area contributed by atoms with Gasteiger partial charge in [-0.15, -0.1) is 0 Å². The average molecular weight is 464 g/mol. The van der Waals surface area contributed by atoms with E-state index < -0.39 is 0 Å². The molecule has 0 atom stereocenters. The Morgan fingerprint density at radius 1 is 0.486 bits per heavy atom. The lowest BCUT2D eigenvalue weighted by Crippen LogP contribution is -2.15. The highest BCUT2D eigenvalue weighted by Crippen LogP contribution is 2.43. The molecule has 4 rings (SSSR count). The van der Waals surface area contributed by atoms with E-state index in [2.05, 4.69) is 150 Å². The molecule has 0 bridgehead atoms. The summed E-state index contributed by atoms with van der Waals surface area (Å²) in [6.07, 6.45) is 0. The molecule has 0 N–H and O–H groups in total. The summed E-state index contributed by atoms with van der Waals surface area (Å²) in [5, 5.41) is 0. The van der Waals surface area contributed by atoms with Crippen LogP contribution in [0.15, 0.2) is 103 Å². The lowest BCUT2D eigenvalue weighted by Gasteiger charge is -2.30. The Labute approximate surface area is 213 Å². The summed E-state index contributed by atoms with van der Waals surface area (Å²) in [4.78, 5) is 2.38. The fraction of sp³-hybridized carbons (Fsp3) is 0.294. The molecule has 0 radical (unpaired) electrons. The molecule has 0 spiro atoms. The van der Waals surface area contributed by atoms with Gasteiger partial charge in [0.15, 0.2) is 0 Å². The van der Waals surface area contributed by atoms with Crippen molar-refractivity contribution in [3.8, 4) is 11.1 Å². The van der Waals surface area contributed by atoms with E-state index in [-0.39, 0.29) is 10.8 Å². The minimum atomic E-state index is 0.0580. The first-order valence-corrected chi connectivity index (χ1v) is 12.8. The maximum atomic E-state index is 2.38. The summed E-state index contributed by atoms with van der Waals surface area (Å²) in [6.45, 7) is 17.6. The van der Waals surface area contributed by atoms with Crippen LogP contribution >= 0.6 is 0 Å². The van der Waals surface area contributed by atoms with Crippen molar-refractivity contribution in [2.24, 2.45) is 0 Å². The molecule has 0 saturated heterocycles. The van der Waals surface area contributed by atoms with Crippen LogP contribution in [-0.2, 0) is 10.8 Å². The van der Waals surface area contributed by atoms with Crippen LogP contribution in [-0.4, -0.2) is 0 Å². The minimum absolute atomic E-state index is 0.0580.